The zero-order valence-electron chi connectivity index (χ0n) is 10.0. The summed E-state index contributed by atoms with van der Waals surface area (Å²) >= 11 is 0. The highest BCUT2D eigenvalue weighted by Gasteiger charge is 2.42. The molecule has 2 fully saturated rings. The Morgan fingerprint density at radius 1 is 1.27 bits per heavy atom. The van der Waals surface area contributed by atoms with Crippen molar-refractivity contribution in [3.05, 3.63) is 0 Å². The molecule has 1 N–H and O–H groups in total. The molecular formula is C13H23NO. The van der Waals surface area contributed by atoms with Crippen LogP contribution in [0.3, 0.4) is 0 Å². The molecule has 1 saturated carbocycles. The fraction of sp³-hybridized carbons (Fsp3) is 0.923. The Kier molecular flexibility index (Phi) is 3.15. The van der Waals surface area contributed by atoms with Crippen molar-refractivity contribution in [2.24, 2.45) is 17.3 Å². The van der Waals surface area contributed by atoms with Crippen molar-refractivity contribution in [3.8, 4) is 0 Å². The molecule has 2 aliphatic rings. The number of rotatable bonds is 3. The topological polar surface area (TPSA) is 29.1 Å². The van der Waals surface area contributed by atoms with Crippen LogP contribution in [0, 0.1) is 17.3 Å². The summed E-state index contributed by atoms with van der Waals surface area (Å²) in [5, 5.41) is 3.22. The Balaban J connectivity index is 1.87. The van der Waals surface area contributed by atoms with E-state index >= 15 is 0 Å². The van der Waals surface area contributed by atoms with Crippen LogP contribution in [0.4, 0.5) is 0 Å². The van der Waals surface area contributed by atoms with Crippen LogP contribution in [0.5, 0.6) is 0 Å². The van der Waals surface area contributed by atoms with Crippen LogP contribution in [0.25, 0.3) is 0 Å². The maximum atomic E-state index is 12.3. The number of carbonyl (C=O) groups is 1. The molecule has 1 saturated heterocycles. The Labute approximate surface area is 92.8 Å². The molecule has 15 heavy (non-hydrogen) atoms. The number of hydrogen-bond donors (Lipinski definition) is 1. The van der Waals surface area contributed by atoms with E-state index in [0.29, 0.717) is 11.7 Å². The van der Waals surface area contributed by atoms with E-state index in [2.05, 4.69) is 19.2 Å². The normalized spacial score (nSPS) is 34.5. The van der Waals surface area contributed by atoms with Crippen LogP contribution in [0.1, 0.15) is 46.0 Å². The van der Waals surface area contributed by atoms with Crippen molar-refractivity contribution in [1.82, 2.24) is 5.32 Å². The first-order chi connectivity index (χ1) is 7.15. The number of Topliss-reactive ketones (excluding diaryl/α,β-unsaturated/α-hetero) is 1. The third-order valence-electron chi connectivity index (χ3n) is 4.42. The number of carbonyl (C=O) groups excluding carboxylic acids is 1. The number of ketones is 1. The van der Waals surface area contributed by atoms with Crippen LogP contribution in [0.15, 0.2) is 0 Å². The van der Waals surface area contributed by atoms with Crippen LogP contribution >= 0.6 is 0 Å². The molecule has 0 aromatic rings. The zero-order valence-corrected chi connectivity index (χ0v) is 10.0. The van der Waals surface area contributed by atoms with E-state index in [9.17, 15) is 4.79 Å². The summed E-state index contributed by atoms with van der Waals surface area (Å²) in [7, 11) is 0. The molecule has 0 aromatic heterocycles. The van der Waals surface area contributed by atoms with Gasteiger partial charge in [-0.15, -0.1) is 0 Å². The average Bonchev–Trinajstić information content (AvgIpc) is 2.25. The minimum absolute atomic E-state index is 0.0241. The quantitative estimate of drug-likeness (QED) is 0.773. The lowest BCUT2D eigenvalue weighted by atomic mass is 9.69. The number of hydrogen-bond acceptors (Lipinski definition) is 2. The second-order valence-corrected chi connectivity index (χ2v) is 5.65. The fourth-order valence-corrected chi connectivity index (χ4v) is 3.00. The van der Waals surface area contributed by atoms with E-state index in [1.54, 1.807) is 0 Å². The van der Waals surface area contributed by atoms with Crippen molar-refractivity contribution in [2.45, 2.75) is 46.0 Å². The summed E-state index contributed by atoms with van der Waals surface area (Å²) in [6, 6.07) is 0. The maximum absolute atomic E-state index is 12.3. The van der Waals surface area contributed by atoms with Gasteiger partial charge in [0.15, 0.2) is 0 Å². The highest BCUT2D eigenvalue weighted by Crippen LogP contribution is 2.36. The zero-order chi connectivity index (χ0) is 10.9. The van der Waals surface area contributed by atoms with E-state index in [-0.39, 0.29) is 5.41 Å². The third-order valence-corrected chi connectivity index (χ3v) is 4.42. The third kappa shape index (κ3) is 2.10. The minimum atomic E-state index is -0.0241. The molecule has 0 bridgehead atoms. The van der Waals surface area contributed by atoms with Gasteiger partial charge in [-0.1, -0.05) is 20.3 Å². The SMILES string of the molecule is CCC1CCC(C(=O)C2(C)CNC2)CC1. The van der Waals surface area contributed by atoms with E-state index < -0.39 is 0 Å². The van der Waals surface area contributed by atoms with Gasteiger partial charge in [0.25, 0.3) is 0 Å². The van der Waals surface area contributed by atoms with Gasteiger partial charge in [-0.05, 0) is 31.6 Å². The molecule has 1 aliphatic heterocycles. The van der Waals surface area contributed by atoms with E-state index in [1.165, 1.54) is 19.3 Å². The molecule has 2 heteroatoms. The van der Waals surface area contributed by atoms with E-state index in [0.717, 1.165) is 31.8 Å². The van der Waals surface area contributed by atoms with Gasteiger partial charge in [-0.25, -0.2) is 0 Å². The summed E-state index contributed by atoms with van der Waals surface area (Å²) in [5.74, 6) is 1.80. The Hall–Kier alpha value is -0.370. The molecule has 0 amide bonds. The lowest BCUT2D eigenvalue weighted by Gasteiger charge is -2.41. The summed E-state index contributed by atoms with van der Waals surface area (Å²) in [4.78, 5) is 12.3. The molecule has 0 aromatic carbocycles. The van der Waals surface area contributed by atoms with Crippen molar-refractivity contribution >= 4 is 5.78 Å². The van der Waals surface area contributed by atoms with Crippen molar-refractivity contribution in [1.29, 1.82) is 0 Å². The molecule has 2 rings (SSSR count). The summed E-state index contributed by atoms with van der Waals surface area (Å²) in [6.45, 7) is 6.20. The molecule has 1 heterocycles. The monoisotopic (exact) mass is 209 g/mol. The second-order valence-electron chi connectivity index (χ2n) is 5.65. The largest absolute Gasteiger partial charge is 0.315 e. The van der Waals surface area contributed by atoms with Gasteiger partial charge < -0.3 is 5.32 Å². The molecule has 0 unspecified atom stereocenters. The van der Waals surface area contributed by atoms with Crippen molar-refractivity contribution < 1.29 is 4.79 Å². The Morgan fingerprint density at radius 2 is 1.87 bits per heavy atom. The Bertz CT molecular complexity index is 237. The van der Waals surface area contributed by atoms with Crippen LogP contribution in [-0.2, 0) is 4.79 Å². The predicted molar refractivity (Wildman–Crippen MR) is 61.7 cm³/mol. The first-order valence-electron chi connectivity index (χ1n) is 6.41. The van der Waals surface area contributed by atoms with Crippen molar-refractivity contribution in [2.75, 3.05) is 13.1 Å². The van der Waals surface area contributed by atoms with Gasteiger partial charge in [0.1, 0.15) is 5.78 Å². The molecule has 1 aliphatic carbocycles. The Morgan fingerprint density at radius 3 is 2.27 bits per heavy atom. The highest BCUT2D eigenvalue weighted by molar-refractivity contribution is 5.88. The molecular weight excluding hydrogens is 186 g/mol. The van der Waals surface area contributed by atoms with E-state index in [1.807, 2.05) is 0 Å². The smallest absolute Gasteiger partial charge is 0.144 e. The molecule has 0 radical (unpaired) electrons. The lowest BCUT2D eigenvalue weighted by molar-refractivity contribution is -0.136. The van der Waals surface area contributed by atoms with Crippen LogP contribution < -0.4 is 5.32 Å². The van der Waals surface area contributed by atoms with Gasteiger partial charge in [-0.2, -0.15) is 0 Å². The van der Waals surface area contributed by atoms with Crippen molar-refractivity contribution in [3.63, 3.8) is 0 Å². The van der Waals surface area contributed by atoms with Crippen LogP contribution in [0.2, 0.25) is 0 Å². The first kappa shape index (κ1) is 11.1. The molecule has 0 spiro atoms. The van der Waals surface area contributed by atoms with Gasteiger partial charge in [0, 0.05) is 19.0 Å². The number of nitrogens with one attached hydrogen (secondary N) is 1. The van der Waals surface area contributed by atoms with Gasteiger partial charge in [0.05, 0.1) is 5.41 Å². The van der Waals surface area contributed by atoms with Gasteiger partial charge >= 0.3 is 0 Å². The lowest BCUT2D eigenvalue weighted by Crippen LogP contribution is -2.58. The summed E-state index contributed by atoms with van der Waals surface area (Å²) in [6.07, 6.45) is 6.13. The average molecular weight is 209 g/mol. The summed E-state index contributed by atoms with van der Waals surface area (Å²) in [5.41, 5.74) is -0.0241. The maximum Gasteiger partial charge on any atom is 0.144 e. The fourth-order valence-electron chi connectivity index (χ4n) is 3.00. The molecule has 2 nitrogen and oxygen atoms in total. The minimum Gasteiger partial charge on any atom is -0.315 e. The predicted octanol–water partition coefficient (Wildman–Crippen LogP) is 2.38. The molecule has 0 atom stereocenters. The molecule has 86 valence electrons. The second kappa shape index (κ2) is 4.25. The standard InChI is InChI=1S/C13H23NO/c1-3-10-4-6-11(7-5-10)12(15)13(2)8-14-9-13/h10-11,14H,3-9H2,1-2H3. The van der Waals surface area contributed by atoms with Gasteiger partial charge in [-0.3, -0.25) is 4.79 Å². The first-order valence-corrected chi connectivity index (χ1v) is 6.41. The highest BCUT2D eigenvalue weighted by atomic mass is 16.1. The van der Waals surface area contributed by atoms with Gasteiger partial charge in [0.2, 0.25) is 0 Å². The summed E-state index contributed by atoms with van der Waals surface area (Å²) < 4.78 is 0. The van der Waals surface area contributed by atoms with E-state index in [4.69, 9.17) is 0 Å². The van der Waals surface area contributed by atoms with Crippen LogP contribution in [-0.4, -0.2) is 18.9 Å².